The van der Waals surface area contributed by atoms with Crippen LogP contribution in [0.3, 0.4) is 0 Å². The molecule has 3 N–H and O–H groups in total. The van der Waals surface area contributed by atoms with Gasteiger partial charge >= 0.3 is 0 Å². The molecular weight excluding hydrogens is 295 g/mol. The first-order chi connectivity index (χ1) is 9.73. The summed E-state index contributed by atoms with van der Waals surface area (Å²) in [5.41, 5.74) is 5.47. The second kappa shape index (κ2) is 7.20. The number of carbonyl (C=O) groups is 1. The van der Waals surface area contributed by atoms with Crippen molar-refractivity contribution >= 4 is 15.7 Å². The molecule has 0 spiro atoms. The van der Waals surface area contributed by atoms with Crippen molar-refractivity contribution in [3.8, 4) is 11.8 Å². The van der Waals surface area contributed by atoms with Crippen LogP contribution in [0.4, 0.5) is 4.39 Å². The smallest absolute Gasteiger partial charge is 0.254 e. The molecule has 0 aromatic heterocycles. The molecular formula is C14H17FN2O3S. The van der Waals surface area contributed by atoms with Crippen molar-refractivity contribution < 1.29 is 17.6 Å². The molecule has 1 atom stereocenters. The highest BCUT2D eigenvalue weighted by molar-refractivity contribution is 7.90. The first kappa shape index (κ1) is 17.1. The molecule has 21 heavy (non-hydrogen) atoms. The highest BCUT2D eigenvalue weighted by Gasteiger charge is 2.17. The summed E-state index contributed by atoms with van der Waals surface area (Å²) in [6, 6.07) is 3.34. The summed E-state index contributed by atoms with van der Waals surface area (Å²) >= 11 is 0. The lowest BCUT2D eigenvalue weighted by atomic mass is 10.1. The van der Waals surface area contributed by atoms with Crippen LogP contribution in [0.15, 0.2) is 18.2 Å². The van der Waals surface area contributed by atoms with Gasteiger partial charge in [-0.25, -0.2) is 12.8 Å². The van der Waals surface area contributed by atoms with E-state index >= 15 is 0 Å². The highest BCUT2D eigenvalue weighted by atomic mass is 32.2. The van der Waals surface area contributed by atoms with Crippen LogP contribution in [-0.4, -0.2) is 38.9 Å². The Labute approximate surface area is 123 Å². The molecule has 1 aromatic carbocycles. The first-order valence-electron chi connectivity index (χ1n) is 6.20. The number of benzene rings is 1. The summed E-state index contributed by atoms with van der Waals surface area (Å²) in [7, 11) is -3.22. The third-order valence-electron chi connectivity index (χ3n) is 2.48. The molecule has 1 unspecified atom stereocenters. The Morgan fingerprint density at radius 3 is 2.67 bits per heavy atom. The van der Waals surface area contributed by atoms with E-state index in [2.05, 4.69) is 17.2 Å². The molecule has 0 fully saturated rings. The summed E-state index contributed by atoms with van der Waals surface area (Å²) < 4.78 is 36.1. The van der Waals surface area contributed by atoms with Gasteiger partial charge in [0.1, 0.15) is 15.7 Å². The van der Waals surface area contributed by atoms with Crippen LogP contribution >= 0.6 is 0 Å². The van der Waals surface area contributed by atoms with Gasteiger partial charge in [-0.15, -0.1) is 0 Å². The zero-order valence-corrected chi connectivity index (χ0v) is 12.6. The van der Waals surface area contributed by atoms with Crippen LogP contribution in [0.25, 0.3) is 0 Å². The van der Waals surface area contributed by atoms with Gasteiger partial charge in [0, 0.05) is 17.9 Å². The monoisotopic (exact) mass is 312 g/mol. The lowest BCUT2D eigenvalue weighted by molar-refractivity contribution is 0.0939. The number of nitrogens with one attached hydrogen (secondary N) is 1. The summed E-state index contributed by atoms with van der Waals surface area (Å²) in [6.45, 7) is 1.70. The molecule has 7 heteroatoms. The first-order valence-corrected chi connectivity index (χ1v) is 8.26. The van der Waals surface area contributed by atoms with E-state index in [0.717, 1.165) is 12.3 Å². The maximum atomic E-state index is 13.8. The van der Waals surface area contributed by atoms with Crippen molar-refractivity contribution in [2.24, 2.45) is 5.73 Å². The molecule has 0 saturated heterocycles. The predicted molar refractivity (Wildman–Crippen MR) is 79.0 cm³/mol. The highest BCUT2D eigenvalue weighted by Crippen LogP contribution is 2.10. The predicted octanol–water partition coefficient (Wildman–Crippen LogP) is 0.299. The maximum absolute atomic E-state index is 13.8. The minimum absolute atomic E-state index is 0.159. The van der Waals surface area contributed by atoms with Crippen molar-refractivity contribution in [2.45, 2.75) is 13.0 Å². The number of halogens is 1. The van der Waals surface area contributed by atoms with E-state index < -0.39 is 27.6 Å². The summed E-state index contributed by atoms with van der Waals surface area (Å²) in [6.07, 6.45) is 1.07. The lowest BCUT2D eigenvalue weighted by Crippen LogP contribution is -2.37. The van der Waals surface area contributed by atoms with E-state index in [4.69, 9.17) is 5.73 Å². The van der Waals surface area contributed by atoms with E-state index in [1.165, 1.54) is 19.1 Å². The lowest BCUT2D eigenvalue weighted by Gasteiger charge is -2.13. The van der Waals surface area contributed by atoms with Crippen LogP contribution in [-0.2, 0) is 9.84 Å². The normalized spacial score (nSPS) is 12.2. The number of hydrogen-bond acceptors (Lipinski definition) is 4. The van der Waals surface area contributed by atoms with Gasteiger partial charge < -0.3 is 11.1 Å². The molecule has 1 rings (SSSR count). The summed E-state index contributed by atoms with van der Waals surface area (Å²) in [4.78, 5) is 11.9. The Kier molecular flexibility index (Phi) is 5.88. The Morgan fingerprint density at radius 2 is 2.14 bits per heavy atom. The largest absolute Gasteiger partial charge is 0.348 e. The van der Waals surface area contributed by atoms with Crippen LogP contribution in [0.1, 0.15) is 22.8 Å². The topological polar surface area (TPSA) is 89.3 Å². The van der Waals surface area contributed by atoms with Gasteiger partial charge in [0.05, 0.1) is 17.9 Å². The average molecular weight is 312 g/mol. The van der Waals surface area contributed by atoms with Crippen LogP contribution in [0.2, 0.25) is 0 Å². The molecule has 5 nitrogen and oxygen atoms in total. The molecule has 0 aliphatic rings. The molecule has 0 aliphatic heterocycles. The summed E-state index contributed by atoms with van der Waals surface area (Å²) in [5.74, 6) is 3.65. The minimum Gasteiger partial charge on any atom is -0.348 e. The van der Waals surface area contributed by atoms with E-state index in [-0.39, 0.29) is 17.9 Å². The second-order valence-corrected chi connectivity index (χ2v) is 6.85. The van der Waals surface area contributed by atoms with Crippen LogP contribution in [0, 0.1) is 17.7 Å². The Balaban J connectivity index is 2.84. The van der Waals surface area contributed by atoms with Crippen molar-refractivity contribution in [2.75, 3.05) is 18.6 Å². The van der Waals surface area contributed by atoms with E-state index in [1.807, 2.05) is 0 Å². The zero-order valence-electron chi connectivity index (χ0n) is 11.8. The Bertz CT molecular complexity index is 690. The zero-order chi connectivity index (χ0) is 16.0. The molecule has 0 saturated carbocycles. The van der Waals surface area contributed by atoms with Gasteiger partial charge in [0.2, 0.25) is 0 Å². The van der Waals surface area contributed by atoms with Crippen molar-refractivity contribution in [1.29, 1.82) is 0 Å². The third kappa shape index (κ3) is 5.94. The Hall–Kier alpha value is -1.91. The molecule has 1 aromatic rings. The Morgan fingerprint density at radius 1 is 1.48 bits per heavy atom. The number of nitrogens with two attached hydrogens (primary N) is 1. The molecule has 0 bridgehead atoms. The quantitative estimate of drug-likeness (QED) is 0.783. The molecule has 0 heterocycles. The van der Waals surface area contributed by atoms with Crippen molar-refractivity contribution in [1.82, 2.24) is 5.32 Å². The van der Waals surface area contributed by atoms with E-state index in [9.17, 15) is 17.6 Å². The van der Waals surface area contributed by atoms with E-state index in [1.54, 1.807) is 0 Å². The minimum atomic E-state index is -3.22. The fourth-order valence-corrected chi connectivity index (χ4v) is 2.72. The number of sulfone groups is 1. The molecule has 0 radical (unpaired) electrons. The summed E-state index contributed by atoms with van der Waals surface area (Å²) in [5, 5.41) is 2.44. The average Bonchev–Trinajstić information content (AvgIpc) is 2.33. The third-order valence-corrected chi connectivity index (χ3v) is 3.58. The maximum Gasteiger partial charge on any atom is 0.254 e. The van der Waals surface area contributed by atoms with Gasteiger partial charge in [-0.2, -0.15) is 0 Å². The van der Waals surface area contributed by atoms with Crippen LogP contribution < -0.4 is 11.1 Å². The number of hydrogen-bond donors (Lipinski definition) is 2. The van der Waals surface area contributed by atoms with Crippen molar-refractivity contribution in [3.63, 3.8) is 0 Å². The van der Waals surface area contributed by atoms with Gasteiger partial charge in [0.15, 0.2) is 0 Å². The fourth-order valence-electron chi connectivity index (χ4n) is 1.73. The number of amides is 1. The van der Waals surface area contributed by atoms with Gasteiger partial charge in [0.25, 0.3) is 5.91 Å². The number of rotatable bonds is 4. The van der Waals surface area contributed by atoms with Crippen LogP contribution in [0.5, 0.6) is 0 Å². The second-order valence-electron chi connectivity index (χ2n) is 4.67. The van der Waals surface area contributed by atoms with Gasteiger partial charge in [-0.05, 0) is 25.1 Å². The van der Waals surface area contributed by atoms with Crippen molar-refractivity contribution in [3.05, 3.63) is 35.1 Å². The van der Waals surface area contributed by atoms with E-state index in [0.29, 0.717) is 5.56 Å². The number of carbonyl (C=O) groups excluding carboxylic acids is 1. The molecule has 0 aliphatic carbocycles. The molecule has 1 amide bonds. The SMILES string of the molecule is CC(CS(C)(=O)=O)NC(=O)c1ccc(C#CCN)cc1F. The molecule has 114 valence electrons. The van der Waals surface area contributed by atoms with Gasteiger partial charge in [-0.3, -0.25) is 4.79 Å². The standard InChI is InChI=1S/C14H17FN2O3S/c1-10(9-21(2,19)20)17-14(18)12-6-5-11(4-3-7-16)8-13(12)15/h5-6,8,10H,7,9,16H2,1-2H3,(H,17,18). The fraction of sp³-hybridized carbons (Fsp3) is 0.357. The van der Waals surface area contributed by atoms with Gasteiger partial charge in [-0.1, -0.05) is 11.8 Å².